The van der Waals surface area contributed by atoms with Gasteiger partial charge < -0.3 is 4.57 Å². The fraction of sp³-hybridized carbons (Fsp3) is 0. The van der Waals surface area contributed by atoms with Gasteiger partial charge in [-0.15, -0.1) is 0 Å². The van der Waals surface area contributed by atoms with Gasteiger partial charge in [-0.25, -0.2) is 4.98 Å². The van der Waals surface area contributed by atoms with Crippen molar-refractivity contribution in [1.82, 2.24) is 24.1 Å². The van der Waals surface area contributed by atoms with Gasteiger partial charge in [-0.2, -0.15) is 9.97 Å². The molecule has 0 bridgehead atoms. The highest BCUT2D eigenvalue weighted by Gasteiger charge is 2.42. The van der Waals surface area contributed by atoms with Gasteiger partial charge in [-0.3, -0.25) is 4.57 Å². The van der Waals surface area contributed by atoms with Crippen LogP contribution in [0.15, 0.2) is 236 Å². The van der Waals surface area contributed by atoms with E-state index in [-0.39, 0.29) is 49.2 Å². The van der Waals surface area contributed by atoms with Gasteiger partial charge in [0.15, 0.2) is 19.7 Å². The summed E-state index contributed by atoms with van der Waals surface area (Å²) in [5, 5.41) is 0.629. The van der Waals surface area contributed by atoms with Crippen molar-refractivity contribution in [2.45, 2.75) is 0 Å². The Balaban J connectivity index is 1.38. The number of rotatable bonds is 8. The van der Waals surface area contributed by atoms with Crippen LogP contribution in [0.5, 0.6) is 0 Å². The Morgan fingerprint density at radius 3 is 1.22 bits per heavy atom. The predicted molar refractivity (Wildman–Crippen MR) is 263 cm³/mol. The molecule has 0 aliphatic heterocycles. The molecule has 0 unspecified atom stereocenters. The molecule has 296 valence electrons. The van der Waals surface area contributed by atoms with Crippen LogP contribution in [0.1, 0.15) is 26.0 Å². The first-order chi connectivity index (χ1) is 39.2. The van der Waals surface area contributed by atoms with E-state index >= 15 is 0 Å². The molecule has 0 amide bonds. The van der Waals surface area contributed by atoms with E-state index in [1.165, 1.54) is 0 Å². The molecule has 0 saturated carbocycles. The summed E-state index contributed by atoms with van der Waals surface area (Å²) in [5.74, 6) is -1.21. The molecule has 0 aliphatic carbocycles. The summed E-state index contributed by atoms with van der Waals surface area (Å²) < 4.78 is 180. The Kier molecular flexibility index (Phi) is 5.27. The summed E-state index contributed by atoms with van der Waals surface area (Å²) in [5.41, 5.74) is -2.30. The first kappa shape index (κ1) is 22.1. The van der Waals surface area contributed by atoms with Crippen LogP contribution >= 0.6 is 0 Å². The van der Waals surface area contributed by atoms with Gasteiger partial charge in [0.25, 0.3) is 0 Å². The van der Waals surface area contributed by atoms with E-state index in [1.54, 1.807) is 30.3 Å². The van der Waals surface area contributed by atoms with Crippen molar-refractivity contribution in [2.24, 2.45) is 0 Å². The Morgan fingerprint density at radius 2 is 0.762 bits per heavy atom. The molecule has 0 N–H and O–H groups in total. The van der Waals surface area contributed by atoms with Gasteiger partial charge in [-0.1, -0.05) is 200 Å². The SMILES string of the molecule is [2H]c1c([2H])c([Si](c2ccccc2)(c2ccccc2)c2ccccc2)c([2H])c(-c2nc(-c3ccccc3)nc(-n3c4c([2H])c([2H])c([2H])c([2H])c4c4c([2H])c([2H])c([2H])c([2H])c43)n2)c1-n1c2c([2H])c([2H])c([2H])c([2H])c2c2c([2H])c([2H])c([2H])c([2H])c21. The van der Waals surface area contributed by atoms with Gasteiger partial charge in [-0.05, 0) is 57.0 Å². The maximum absolute atomic E-state index is 11.0. The molecule has 0 saturated heterocycles. The minimum atomic E-state index is -4.13. The number of hydrogen-bond donors (Lipinski definition) is 0. The van der Waals surface area contributed by atoms with Gasteiger partial charge in [0.05, 0.1) is 53.8 Å². The van der Waals surface area contributed by atoms with Crippen LogP contribution in [0.4, 0.5) is 0 Å². The standard InChI is InChI=1S/C57H39N5Si/c1-5-21-40(22-6-1)55-58-56(60-57(59-55)62-52-35-19-15-31-47(52)48-32-16-20-36-53(48)62)49-39-44(37-38-54(49)61-50-33-17-13-29-45(50)46-30-14-18-34-51(46)61)63(41-23-7-2-8-24-41,42-25-9-3-10-26-42)43-27-11-4-12-28-43/h1-39H/i13D,14D,15D,16D,17D,18D,19D,20D,29D,30D,31D,32D,33D,34D,35D,36D,37D,38D,39D. The molecule has 63 heavy (non-hydrogen) atoms. The van der Waals surface area contributed by atoms with Crippen molar-refractivity contribution < 1.29 is 26.0 Å². The average Bonchev–Trinajstić information content (AvgIpc) is 1.61. The Morgan fingerprint density at radius 1 is 0.365 bits per heavy atom. The van der Waals surface area contributed by atoms with Gasteiger partial charge in [0, 0.05) is 32.7 Å². The smallest absolute Gasteiger partial charge is 0.238 e. The zero-order chi connectivity index (χ0) is 58.3. The lowest BCUT2D eigenvalue weighted by Crippen LogP contribution is -2.74. The van der Waals surface area contributed by atoms with Crippen LogP contribution in [0.2, 0.25) is 0 Å². The minimum Gasteiger partial charge on any atom is -0.309 e. The van der Waals surface area contributed by atoms with E-state index < -0.39 is 157 Å². The molecule has 0 fully saturated rings. The first-order valence-corrected chi connectivity index (χ1v) is 21.8. The van der Waals surface area contributed by atoms with E-state index in [1.807, 2.05) is 91.0 Å². The zero-order valence-electron chi connectivity index (χ0n) is 51.8. The molecule has 0 spiro atoms. The van der Waals surface area contributed by atoms with Crippen LogP contribution in [0, 0.1) is 0 Å². The molecule has 0 aliphatic rings. The number of aromatic nitrogens is 5. The molecule has 6 heteroatoms. The lowest BCUT2D eigenvalue weighted by atomic mass is 10.1. The second-order valence-electron chi connectivity index (χ2n) is 14.5. The normalized spacial score (nSPS) is 16.0. The highest BCUT2D eigenvalue weighted by atomic mass is 28.3. The summed E-state index contributed by atoms with van der Waals surface area (Å²) in [6.07, 6.45) is 0. The lowest BCUT2D eigenvalue weighted by Gasteiger charge is -2.35. The number of fused-ring (bicyclic) bond motifs is 6. The average molecular weight is 841 g/mol. The maximum Gasteiger partial charge on any atom is 0.238 e. The number of hydrogen-bond acceptors (Lipinski definition) is 3. The fourth-order valence-electron chi connectivity index (χ4n) is 8.47. The summed E-state index contributed by atoms with van der Waals surface area (Å²) in [7, 11) is -4.13. The van der Waals surface area contributed by atoms with Crippen LogP contribution < -0.4 is 20.7 Å². The van der Waals surface area contributed by atoms with E-state index in [4.69, 9.17) is 25.9 Å². The molecular formula is C57H39N5Si. The van der Waals surface area contributed by atoms with Crippen LogP contribution in [-0.2, 0) is 0 Å². The second kappa shape index (κ2) is 15.1. The predicted octanol–water partition coefficient (Wildman–Crippen LogP) is 10.8. The summed E-state index contributed by atoms with van der Waals surface area (Å²) in [6, 6.07) is 22.6. The number of benzene rings is 9. The summed E-state index contributed by atoms with van der Waals surface area (Å²) in [4.78, 5) is 14.9. The maximum atomic E-state index is 11.0. The third-order valence-corrected chi connectivity index (χ3v) is 15.8. The summed E-state index contributed by atoms with van der Waals surface area (Å²) >= 11 is 0. The molecule has 12 rings (SSSR count). The Bertz CT molecular complexity index is 4480. The summed E-state index contributed by atoms with van der Waals surface area (Å²) in [6.45, 7) is 0. The number of nitrogens with zero attached hydrogens (tertiary/aromatic N) is 5. The number of para-hydroxylation sites is 4. The Hall–Kier alpha value is -8.19. The molecule has 12 aromatic rings. The van der Waals surface area contributed by atoms with E-state index in [2.05, 4.69) is 0 Å². The first-order valence-electron chi connectivity index (χ1n) is 29.3. The van der Waals surface area contributed by atoms with E-state index in [0.29, 0.717) is 15.6 Å². The molecule has 0 atom stereocenters. The zero-order valence-corrected chi connectivity index (χ0v) is 33.8. The van der Waals surface area contributed by atoms with E-state index in [0.717, 1.165) is 9.13 Å². The van der Waals surface area contributed by atoms with Gasteiger partial charge in [0.1, 0.15) is 0 Å². The van der Waals surface area contributed by atoms with Gasteiger partial charge >= 0.3 is 0 Å². The third-order valence-electron chi connectivity index (χ3n) is 11.2. The fourth-order valence-corrected chi connectivity index (χ4v) is 13.0. The van der Waals surface area contributed by atoms with Crippen LogP contribution in [0.3, 0.4) is 0 Å². The molecule has 9 aromatic carbocycles. The second-order valence-corrected chi connectivity index (χ2v) is 18.3. The minimum absolute atomic E-state index is 0.00672. The van der Waals surface area contributed by atoms with Crippen LogP contribution in [0.25, 0.3) is 78.0 Å². The van der Waals surface area contributed by atoms with E-state index in [9.17, 15) is 15.1 Å². The molecule has 3 aromatic heterocycles. The quantitative estimate of drug-likeness (QED) is 0.113. The van der Waals surface area contributed by atoms with Crippen LogP contribution in [-0.4, -0.2) is 32.2 Å². The van der Waals surface area contributed by atoms with Crippen molar-refractivity contribution in [3.05, 3.63) is 236 Å². The van der Waals surface area contributed by atoms with Crippen molar-refractivity contribution in [2.75, 3.05) is 0 Å². The highest BCUT2D eigenvalue weighted by molar-refractivity contribution is 7.19. The van der Waals surface area contributed by atoms with Crippen molar-refractivity contribution >= 4 is 72.4 Å². The topological polar surface area (TPSA) is 48.5 Å². The molecule has 0 radical (unpaired) electrons. The lowest BCUT2D eigenvalue weighted by molar-refractivity contribution is 0.952. The monoisotopic (exact) mass is 840 g/mol. The van der Waals surface area contributed by atoms with Gasteiger partial charge in [0.2, 0.25) is 5.95 Å². The highest BCUT2D eigenvalue weighted by Crippen LogP contribution is 2.37. The van der Waals surface area contributed by atoms with Crippen molar-refractivity contribution in [1.29, 1.82) is 0 Å². The molecule has 3 heterocycles. The Labute approximate surface area is 392 Å². The third kappa shape index (κ3) is 5.87. The largest absolute Gasteiger partial charge is 0.309 e. The van der Waals surface area contributed by atoms with Crippen molar-refractivity contribution in [3.8, 4) is 34.4 Å². The molecular weight excluding hydrogens is 783 g/mol. The molecule has 5 nitrogen and oxygen atoms in total. The van der Waals surface area contributed by atoms with Crippen molar-refractivity contribution in [3.63, 3.8) is 0 Å².